The minimum absolute atomic E-state index is 0.00128. The van der Waals surface area contributed by atoms with Crippen LogP contribution in [0.3, 0.4) is 0 Å². The molecule has 20 heavy (non-hydrogen) atoms. The SMILES string of the molecule is Cc1cc(F)ccc1Oc1ccc(/C(N)=N/O)c(Br)c1. The fraction of sp³-hybridized carbons (Fsp3) is 0.0714. The third-order valence-electron chi connectivity index (χ3n) is 2.69. The van der Waals surface area contributed by atoms with Crippen LogP contribution in [0.1, 0.15) is 11.1 Å². The van der Waals surface area contributed by atoms with Crippen LogP contribution in [-0.4, -0.2) is 11.0 Å². The van der Waals surface area contributed by atoms with Gasteiger partial charge in [-0.2, -0.15) is 0 Å². The van der Waals surface area contributed by atoms with Crippen molar-refractivity contribution in [2.75, 3.05) is 0 Å². The molecule has 2 rings (SSSR count). The highest BCUT2D eigenvalue weighted by Crippen LogP contribution is 2.29. The molecule has 2 aromatic rings. The van der Waals surface area contributed by atoms with Gasteiger partial charge in [-0.3, -0.25) is 0 Å². The topological polar surface area (TPSA) is 67.8 Å². The van der Waals surface area contributed by atoms with Crippen molar-refractivity contribution in [2.24, 2.45) is 10.9 Å². The molecule has 0 radical (unpaired) electrons. The Bertz CT molecular complexity index is 674. The molecule has 0 saturated carbocycles. The van der Waals surface area contributed by atoms with E-state index in [2.05, 4.69) is 21.1 Å². The molecule has 0 amide bonds. The number of nitrogens with two attached hydrogens (primary N) is 1. The molecule has 104 valence electrons. The number of benzene rings is 2. The number of aryl methyl sites for hydroxylation is 1. The number of halogens is 2. The molecule has 0 spiro atoms. The number of hydrogen-bond acceptors (Lipinski definition) is 3. The quantitative estimate of drug-likeness (QED) is 0.387. The molecule has 3 N–H and O–H groups in total. The van der Waals surface area contributed by atoms with E-state index < -0.39 is 0 Å². The lowest BCUT2D eigenvalue weighted by Gasteiger charge is -2.10. The summed E-state index contributed by atoms with van der Waals surface area (Å²) in [7, 11) is 0. The third kappa shape index (κ3) is 3.08. The Labute approximate surface area is 123 Å². The first-order valence-corrected chi connectivity index (χ1v) is 6.52. The van der Waals surface area contributed by atoms with Gasteiger partial charge < -0.3 is 15.7 Å². The summed E-state index contributed by atoms with van der Waals surface area (Å²) in [6, 6.07) is 9.33. The van der Waals surface area contributed by atoms with E-state index in [0.29, 0.717) is 27.1 Å². The van der Waals surface area contributed by atoms with Gasteiger partial charge in [-0.05, 0) is 64.8 Å². The van der Waals surface area contributed by atoms with Crippen LogP contribution in [0.2, 0.25) is 0 Å². The van der Waals surface area contributed by atoms with Gasteiger partial charge in [0.05, 0.1) is 0 Å². The van der Waals surface area contributed by atoms with Crippen LogP contribution >= 0.6 is 15.9 Å². The fourth-order valence-corrected chi connectivity index (χ4v) is 2.24. The molecule has 0 aliphatic rings. The molecule has 0 aliphatic heterocycles. The molecule has 6 heteroatoms. The van der Waals surface area contributed by atoms with Gasteiger partial charge in [-0.25, -0.2) is 4.39 Å². The van der Waals surface area contributed by atoms with Crippen molar-refractivity contribution >= 4 is 21.8 Å². The highest BCUT2D eigenvalue weighted by Gasteiger charge is 2.08. The van der Waals surface area contributed by atoms with Crippen LogP contribution in [0.4, 0.5) is 4.39 Å². The van der Waals surface area contributed by atoms with E-state index in [-0.39, 0.29) is 11.7 Å². The highest BCUT2D eigenvalue weighted by atomic mass is 79.9. The fourth-order valence-electron chi connectivity index (χ4n) is 1.68. The Morgan fingerprint density at radius 1 is 1.30 bits per heavy atom. The van der Waals surface area contributed by atoms with Crippen LogP contribution in [0.5, 0.6) is 11.5 Å². The summed E-state index contributed by atoms with van der Waals surface area (Å²) in [4.78, 5) is 0. The molecule has 0 unspecified atom stereocenters. The summed E-state index contributed by atoms with van der Waals surface area (Å²) < 4.78 is 19.3. The molecule has 0 atom stereocenters. The van der Waals surface area contributed by atoms with Crippen LogP contribution in [0, 0.1) is 12.7 Å². The minimum atomic E-state index is -0.307. The van der Waals surface area contributed by atoms with Crippen molar-refractivity contribution in [3.63, 3.8) is 0 Å². The molecule has 0 saturated heterocycles. The molecule has 0 aromatic heterocycles. The first kappa shape index (κ1) is 14.3. The number of amidine groups is 1. The summed E-state index contributed by atoms with van der Waals surface area (Å²) in [5, 5.41) is 11.6. The lowest BCUT2D eigenvalue weighted by Crippen LogP contribution is -2.13. The maximum Gasteiger partial charge on any atom is 0.171 e. The van der Waals surface area contributed by atoms with Crippen molar-refractivity contribution in [1.29, 1.82) is 0 Å². The summed E-state index contributed by atoms with van der Waals surface area (Å²) in [5.74, 6) is 0.815. The van der Waals surface area contributed by atoms with E-state index in [1.807, 2.05) is 0 Å². The first-order chi connectivity index (χ1) is 9.51. The monoisotopic (exact) mass is 338 g/mol. The largest absolute Gasteiger partial charge is 0.457 e. The average molecular weight is 339 g/mol. The summed E-state index contributed by atoms with van der Waals surface area (Å²) in [6.07, 6.45) is 0. The van der Waals surface area contributed by atoms with Gasteiger partial charge in [-0.1, -0.05) is 5.16 Å². The average Bonchev–Trinajstić information content (AvgIpc) is 2.41. The lowest BCUT2D eigenvalue weighted by atomic mass is 10.2. The van der Waals surface area contributed by atoms with Gasteiger partial charge in [0, 0.05) is 10.0 Å². The zero-order valence-electron chi connectivity index (χ0n) is 10.6. The number of ether oxygens (including phenoxy) is 1. The zero-order valence-corrected chi connectivity index (χ0v) is 12.2. The van der Waals surface area contributed by atoms with Crippen LogP contribution in [0.25, 0.3) is 0 Å². The van der Waals surface area contributed by atoms with Gasteiger partial charge in [0.1, 0.15) is 17.3 Å². The van der Waals surface area contributed by atoms with Crippen molar-refractivity contribution in [3.05, 3.63) is 57.8 Å². The van der Waals surface area contributed by atoms with Crippen molar-refractivity contribution in [1.82, 2.24) is 0 Å². The van der Waals surface area contributed by atoms with Gasteiger partial charge in [0.2, 0.25) is 0 Å². The number of rotatable bonds is 3. The number of hydrogen-bond donors (Lipinski definition) is 2. The Morgan fingerprint density at radius 2 is 2.05 bits per heavy atom. The lowest BCUT2D eigenvalue weighted by molar-refractivity contribution is 0.318. The van der Waals surface area contributed by atoms with Crippen molar-refractivity contribution in [2.45, 2.75) is 6.92 Å². The van der Waals surface area contributed by atoms with Crippen LogP contribution < -0.4 is 10.5 Å². The summed E-state index contributed by atoms with van der Waals surface area (Å²) in [6.45, 7) is 1.76. The van der Waals surface area contributed by atoms with E-state index in [4.69, 9.17) is 15.7 Å². The molecule has 0 fully saturated rings. The second-order valence-corrected chi connectivity index (χ2v) is 4.99. The van der Waals surface area contributed by atoms with Crippen LogP contribution in [-0.2, 0) is 0 Å². The third-order valence-corrected chi connectivity index (χ3v) is 3.35. The minimum Gasteiger partial charge on any atom is -0.457 e. The Kier molecular flexibility index (Phi) is 4.24. The second kappa shape index (κ2) is 5.92. The van der Waals surface area contributed by atoms with E-state index in [1.54, 1.807) is 31.2 Å². The second-order valence-electron chi connectivity index (χ2n) is 4.14. The molecule has 0 bridgehead atoms. The Balaban J connectivity index is 2.29. The number of oxime groups is 1. The van der Waals surface area contributed by atoms with E-state index in [1.165, 1.54) is 12.1 Å². The molecule has 4 nitrogen and oxygen atoms in total. The Morgan fingerprint density at radius 3 is 2.65 bits per heavy atom. The molecular formula is C14H12BrFN2O2. The zero-order chi connectivity index (χ0) is 14.7. The number of nitrogens with zero attached hydrogens (tertiary/aromatic N) is 1. The van der Waals surface area contributed by atoms with Gasteiger partial charge in [0.25, 0.3) is 0 Å². The molecule has 0 aliphatic carbocycles. The van der Waals surface area contributed by atoms with Crippen molar-refractivity contribution < 1.29 is 14.3 Å². The summed E-state index contributed by atoms with van der Waals surface area (Å²) in [5.41, 5.74) is 6.77. The smallest absolute Gasteiger partial charge is 0.171 e. The van der Waals surface area contributed by atoms with E-state index >= 15 is 0 Å². The first-order valence-electron chi connectivity index (χ1n) is 5.72. The predicted molar refractivity (Wildman–Crippen MR) is 77.9 cm³/mol. The van der Waals surface area contributed by atoms with Gasteiger partial charge in [0.15, 0.2) is 5.84 Å². The molecule has 2 aromatic carbocycles. The maximum absolute atomic E-state index is 13.0. The standard InChI is InChI=1S/C14H12BrFN2O2/c1-8-6-9(16)2-5-13(8)20-10-3-4-11(12(15)7-10)14(17)18-19/h2-7,19H,1H3,(H2,17,18). The molecule has 0 heterocycles. The highest BCUT2D eigenvalue weighted by molar-refractivity contribution is 9.10. The van der Waals surface area contributed by atoms with E-state index in [9.17, 15) is 4.39 Å². The maximum atomic E-state index is 13.0. The normalized spacial score (nSPS) is 11.4. The summed E-state index contributed by atoms with van der Waals surface area (Å²) >= 11 is 3.32. The van der Waals surface area contributed by atoms with Crippen molar-refractivity contribution in [3.8, 4) is 11.5 Å². The van der Waals surface area contributed by atoms with Crippen LogP contribution in [0.15, 0.2) is 46.0 Å². The van der Waals surface area contributed by atoms with Gasteiger partial charge in [-0.15, -0.1) is 0 Å². The van der Waals surface area contributed by atoms with Gasteiger partial charge >= 0.3 is 0 Å². The van der Waals surface area contributed by atoms with E-state index in [0.717, 1.165) is 0 Å². The predicted octanol–water partition coefficient (Wildman–Crippen LogP) is 3.78. The Hall–Kier alpha value is -2.08. The molecular weight excluding hydrogens is 327 g/mol.